The molecule has 1 aromatic carbocycles. The Hall–Kier alpha value is -0.630. The van der Waals surface area contributed by atoms with Crippen molar-refractivity contribution >= 4 is 41.7 Å². The lowest BCUT2D eigenvalue weighted by molar-refractivity contribution is 0.411. The van der Waals surface area contributed by atoms with E-state index in [1.807, 2.05) is 24.8 Å². The third-order valence-electron chi connectivity index (χ3n) is 2.74. The zero-order valence-electron chi connectivity index (χ0n) is 12.5. The molecule has 0 aliphatic carbocycles. The molecule has 0 bridgehead atoms. The monoisotopic (exact) mass is 409 g/mol. The summed E-state index contributed by atoms with van der Waals surface area (Å²) in [6.45, 7) is 3.72. The van der Waals surface area contributed by atoms with E-state index in [9.17, 15) is 0 Å². The lowest BCUT2D eigenvalue weighted by Gasteiger charge is -2.12. The Morgan fingerprint density at radius 2 is 2.10 bits per heavy atom. The highest BCUT2D eigenvalue weighted by Crippen LogP contribution is 2.18. The smallest absolute Gasteiger partial charge is 0.191 e. The second-order valence-corrected chi connectivity index (χ2v) is 5.13. The standard InChI is InChI=1S/C14H23N3OS.HI/c1-11-9-12(5-6-13(11)18-3)10-17-14(15-2)16-7-8-19-4;/h5-6,9H,7-8,10H2,1-4H3,(H2,15,16,17);1H. The Balaban J connectivity index is 0.00000361. The Morgan fingerprint density at radius 3 is 2.65 bits per heavy atom. The van der Waals surface area contributed by atoms with Crippen LogP contribution in [-0.4, -0.2) is 38.7 Å². The molecular formula is C14H24IN3OS. The number of rotatable bonds is 6. The molecule has 20 heavy (non-hydrogen) atoms. The van der Waals surface area contributed by atoms with Crippen LogP contribution in [0, 0.1) is 6.92 Å². The molecule has 6 heteroatoms. The van der Waals surface area contributed by atoms with E-state index in [2.05, 4.69) is 34.0 Å². The van der Waals surface area contributed by atoms with E-state index in [0.29, 0.717) is 0 Å². The fourth-order valence-electron chi connectivity index (χ4n) is 1.73. The van der Waals surface area contributed by atoms with Crippen molar-refractivity contribution < 1.29 is 4.74 Å². The normalized spacial score (nSPS) is 10.7. The largest absolute Gasteiger partial charge is 0.496 e. The molecule has 0 aliphatic heterocycles. The van der Waals surface area contributed by atoms with Gasteiger partial charge in [-0.15, -0.1) is 24.0 Å². The molecule has 0 saturated heterocycles. The van der Waals surface area contributed by atoms with Crippen LogP contribution in [0.4, 0.5) is 0 Å². The summed E-state index contributed by atoms with van der Waals surface area (Å²) in [7, 11) is 3.48. The summed E-state index contributed by atoms with van der Waals surface area (Å²) in [5.41, 5.74) is 2.36. The molecule has 2 N–H and O–H groups in total. The molecule has 0 spiro atoms. The van der Waals surface area contributed by atoms with Gasteiger partial charge in [0.1, 0.15) is 5.75 Å². The molecule has 114 valence electrons. The van der Waals surface area contributed by atoms with Crippen LogP contribution in [0.25, 0.3) is 0 Å². The first-order valence-corrected chi connectivity index (χ1v) is 7.67. The summed E-state index contributed by atoms with van der Waals surface area (Å²) >= 11 is 1.82. The minimum atomic E-state index is 0. The molecule has 0 atom stereocenters. The van der Waals surface area contributed by atoms with Crippen molar-refractivity contribution in [1.29, 1.82) is 0 Å². The first-order valence-electron chi connectivity index (χ1n) is 6.28. The number of ether oxygens (including phenoxy) is 1. The number of hydrogen-bond donors (Lipinski definition) is 2. The lowest BCUT2D eigenvalue weighted by atomic mass is 10.1. The van der Waals surface area contributed by atoms with Gasteiger partial charge < -0.3 is 15.4 Å². The average Bonchev–Trinajstić information content (AvgIpc) is 2.43. The van der Waals surface area contributed by atoms with Crippen LogP contribution < -0.4 is 15.4 Å². The number of methoxy groups -OCH3 is 1. The first-order chi connectivity index (χ1) is 9.21. The fourth-order valence-corrected chi connectivity index (χ4v) is 2.03. The first kappa shape index (κ1) is 19.4. The second-order valence-electron chi connectivity index (χ2n) is 4.15. The van der Waals surface area contributed by atoms with Gasteiger partial charge in [0.15, 0.2) is 5.96 Å². The highest BCUT2D eigenvalue weighted by atomic mass is 127. The van der Waals surface area contributed by atoms with Gasteiger partial charge >= 0.3 is 0 Å². The predicted molar refractivity (Wildman–Crippen MR) is 99.7 cm³/mol. The molecule has 0 heterocycles. The average molecular weight is 409 g/mol. The third-order valence-corrected chi connectivity index (χ3v) is 3.35. The molecule has 0 saturated carbocycles. The van der Waals surface area contributed by atoms with E-state index in [4.69, 9.17) is 4.74 Å². The molecule has 0 aromatic heterocycles. The Morgan fingerprint density at radius 1 is 1.35 bits per heavy atom. The van der Waals surface area contributed by atoms with Gasteiger partial charge in [-0.1, -0.05) is 12.1 Å². The van der Waals surface area contributed by atoms with Crippen LogP contribution in [-0.2, 0) is 6.54 Å². The number of halogens is 1. The van der Waals surface area contributed by atoms with Crippen molar-refractivity contribution in [3.8, 4) is 5.75 Å². The van der Waals surface area contributed by atoms with Gasteiger partial charge in [0.2, 0.25) is 0 Å². The summed E-state index contributed by atoms with van der Waals surface area (Å²) in [4.78, 5) is 4.19. The molecule has 0 amide bonds. The summed E-state index contributed by atoms with van der Waals surface area (Å²) in [5, 5.41) is 6.57. The molecule has 0 unspecified atom stereocenters. The minimum absolute atomic E-state index is 0. The van der Waals surface area contributed by atoms with E-state index in [-0.39, 0.29) is 24.0 Å². The number of nitrogens with zero attached hydrogens (tertiary/aromatic N) is 1. The zero-order chi connectivity index (χ0) is 14.1. The SMILES string of the molecule is CN=C(NCCSC)NCc1ccc(OC)c(C)c1.I. The maximum atomic E-state index is 5.25. The molecule has 0 fully saturated rings. The molecule has 1 aromatic rings. The van der Waals surface area contributed by atoms with Crippen LogP contribution in [0.2, 0.25) is 0 Å². The zero-order valence-corrected chi connectivity index (χ0v) is 15.7. The van der Waals surface area contributed by atoms with Gasteiger partial charge in [0, 0.05) is 25.9 Å². The van der Waals surface area contributed by atoms with Gasteiger partial charge in [-0.3, -0.25) is 4.99 Å². The quantitative estimate of drug-likeness (QED) is 0.328. The van der Waals surface area contributed by atoms with Crippen molar-refractivity contribution in [2.24, 2.45) is 4.99 Å². The number of aryl methyl sites for hydroxylation is 1. The van der Waals surface area contributed by atoms with Crippen molar-refractivity contribution in [3.05, 3.63) is 29.3 Å². The summed E-state index contributed by atoms with van der Waals surface area (Å²) in [6, 6.07) is 6.19. The van der Waals surface area contributed by atoms with Gasteiger partial charge in [-0.05, 0) is 30.4 Å². The maximum absolute atomic E-state index is 5.25. The van der Waals surface area contributed by atoms with Crippen molar-refractivity contribution in [1.82, 2.24) is 10.6 Å². The summed E-state index contributed by atoms with van der Waals surface area (Å²) in [5.74, 6) is 2.83. The van der Waals surface area contributed by atoms with Crippen LogP contribution in [0.3, 0.4) is 0 Å². The maximum Gasteiger partial charge on any atom is 0.191 e. The fraction of sp³-hybridized carbons (Fsp3) is 0.500. The van der Waals surface area contributed by atoms with Crippen molar-refractivity contribution in [2.45, 2.75) is 13.5 Å². The van der Waals surface area contributed by atoms with E-state index in [1.54, 1.807) is 14.2 Å². The molecule has 0 aliphatic rings. The van der Waals surface area contributed by atoms with E-state index in [0.717, 1.165) is 36.1 Å². The van der Waals surface area contributed by atoms with Gasteiger partial charge in [-0.2, -0.15) is 11.8 Å². The van der Waals surface area contributed by atoms with Gasteiger partial charge in [-0.25, -0.2) is 0 Å². The number of hydrogen-bond acceptors (Lipinski definition) is 3. The molecular weight excluding hydrogens is 385 g/mol. The van der Waals surface area contributed by atoms with Gasteiger partial charge in [0.25, 0.3) is 0 Å². The third kappa shape index (κ3) is 6.69. The van der Waals surface area contributed by atoms with E-state index in [1.165, 1.54) is 5.56 Å². The summed E-state index contributed by atoms with van der Waals surface area (Å²) < 4.78 is 5.25. The molecule has 4 nitrogen and oxygen atoms in total. The highest BCUT2D eigenvalue weighted by molar-refractivity contribution is 14.0. The number of benzene rings is 1. The second kappa shape index (κ2) is 11.1. The minimum Gasteiger partial charge on any atom is -0.496 e. The Labute approximate surface area is 143 Å². The number of nitrogens with one attached hydrogen (secondary N) is 2. The van der Waals surface area contributed by atoms with E-state index >= 15 is 0 Å². The van der Waals surface area contributed by atoms with E-state index < -0.39 is 0 Å². The van der Waals surface area contributed by atoms with Gasteiger partial charge in [0.05, 0.1) is 7.11 Å². The van der Waals surface area contributed by atoms with Crippen LogP contribution >= 0.6 is 35.7 Å². The van der Waals surface area contributed by atoms with Crippen LogP contribution in [0.5, 0.6) is 5.75 Å². The number of guanidine groups is 1. The Kier molecular flexibility index (Phi) is 10.7. The molecule has 0 radical (unpaired) electrons. The van der Waals surface area contributed by atoms with Crippen molar-refractivity contribution in [2.75, 3.05) is 32.7 Å². The number of thioether (sulfide) groups is 1. The summed E-state index contributed by atoms with van der Waals surface area (Å²) in [6.07, 6.45) is 2.10. The highest BCUT2D eigenvalue weighted by Gasteiger charge is 2.01. The Bertz CT molecular complexity index is 427. The topological polar surface area (TPSA) is 45.7 Å². The lowest BCUT2D eigenvalue weighted by Crippen LogP contribution is -2.37. The van der Waals surface area contributed by atoms with Crippen molar-refractivity contribution in [3.63, 3.8) is 0 Å². The molecule has 1 rings (SSSR count). The van der Waals surface area contributed by atoms with Crippen LogP contribution in [0.15, 0.2) is 23.2 Å². The predicted octanol–water partition coefficient (Wildman–Crippen LogP) is 2.65. The number of aliphatic imine (C=N–C) groups is 1. The van der Waals surface area contributed by atoms with Crippen LogP contribution in [0.1, 0.15) is 11.1 Å².